The lowest BCUT2D eigenvalue weighted by Gasteiger charge is -2.19. The van der Waals surface area contributed by atoms with Crippen molar-refractivity contribution in [3.63, 3.8) is 0 Å². The molecule has 3 rings (SSSR count). The Morgan fingerprint density at radius 2 is 1.96 bits per heavy atom. The zero-order valence-corrected chi connectivity index (χ0v) is 15.8. The molecule has 0 spiro atoms. The van der Waals surface area contributed by atoms with Crippen LogP contribution >= 0.6 is 22.9 Å². The van der Waals surface area contributed by atoms with Crippen LogP contribution in [0.4, 0.5) is 0 Å². The minimum absolute atomic E-state index is 0.0426. The van der Waals surface area contributed by atoms with Crippen molar-refractivity contribution in [2.75, 3.05) is 18.8 Å². The van der Waals surface area contributed by atoms with Crippen LogP contribution in [0.1, 0.15) is 16.5 Å². The molecule has 2 aromatic rings. The summed E-state index contributed by atoms with van der Waals surface area (Å²) in [5.74, 6) is -0.185. The van der Waals surface area contributed by atoms with Gasteiger partial charge in [-0.05, 0) is 36.1 Å². The first kappa shape index (κ1) is 17.9. The Morgan fingerprint density at radius 3 is 2.62 bits per heavy atom. The molecule has 0 bridgehead atoms. The van der Waals surface area contributed by atoms with Crippen LogP contribution in [0.3, 0.4) is 0 Å². The second-order valence-electron chi connectivity index (χ2n) is 5.52. The molecule has 1 aliphatic heterocycles. The van der Waals surface area contributed by atoms with Gasteiger partial charge >= 0.3 is 0 Å². The third kappa shape index (κ3) is 3.52. The minimum atomic E-state index is -3.76. The highest BCUT2D eigenvalue weighted by atomic mass is 35.5. The summed E-state index contributed by atoms with van der Waals surface area (Å²) in [6, 6.07) is 9.61. The van der Waals surface area contributed by atoms with E-state index in [0.717, 1.165) is 4.88 Å². The van der Waals surface area contributed by atoms with Gasteiger partial charge in [-0.15, -0.1) is 11.3 Å². The number of hydrogen-bond acceptors (Lipinski definition) is 5. The van der Waals surface area contributed by atoms with E-state index in [1.54, 1.807) is 24.3 Å². The van der Waals surface area contributed by atoms with E-state index in [9.17, 15) is 16.8 Å². The molecule has 1 fully saturated rings. The summed E-state index contributed by atoms with van der Waals surface area (Å²) in [6.45, 7) is 0.121. The average Bonchev–Trinajstić information content (AvgIpc) is 2.98. The lowest BCUT2D eigenvalue weighted by molar-refractivity contribution is 0.428. The van der Waals surface area contributed by atoms with E-state index in [4.69, 9.17) is 11.6 Å². The van der Waals surface area contributed by atoms with Crippen LogP contribution in [0, 0.1) is 0 Å². The molecule has 0 aliphatic carbocycles. The summed E-state index contributed by atoms with van der Waals surface area (Å²) >= 11 is 7.26. The summed E-state index contributed by atoms with van der Waals surface area (Å²) < 4.78 is 51.8. The third-order valence-electron chi connectivity index (χ3n) is 3.99. The maximum Gasteiger partial charge on any atom is 0.243 e. The van der Waals surface area contributed by atoms with E-state index >= 15 is 0 Å². The van der Waals surface area contributed by atoms with Gasteiger partial charge in [-0.2, -0.15) is 4.31 Å². The van der Waals surface area contributed by atoms with E-state index in [1.165, 1.54) is 27.8 Å². The summed E-state index contributed by atoms with van der Waals surface area (Å²) in [7, 11) is -7.15. The monoisotopic (exact) mass is 405 g/mol. The van der Waals surface area contributed by atoms with Crippen LogP contribution in [-0.2, 0) is 19.9 Å². The zero-order chi connectivity index (χ0) is 17.4. The van der Waals surface area contributed by atoms with Crippen LogP contribution in [-0.4, -0.2) is 40.0 Å². The summed E-state index contributed by atoms with van der Waals surface area (Å²) in [5.41, 5.74) is 0. The zero-order valence-electron chi connectivity index (χ0n) is 12.6. The van der Waals surface area contributed by atoms with E-state index < -0.39 is 25.1 Å². The highest BCUT2D eigenvalue weighted by Gasteiger charge is 2.36. The van der Waals surface area contributed by atoms with Gasteiger partial charge in [-0.25, -0.2) is 16.8 Å². The molecule has 0 radical (unpaired) electrons. The first-order valence-corrected chi connectivity index (χ1v) is 11.7. The predicted molar refractivity (Wildman–Crippen MR) is 95.7 cm³/mol. The van der Waals surface area contributed by atoms with Crippen LogP contribution < -0.4 is 0 Å². The Balaban J connectivity index is 1.90. The molecule has 1 saturated heterocycles. The highest BCUT2D eigenvalue weighted by Crippen LogP contribution is 2.33. The average molecular weight is 406 g/mol. The van der Waals surface area contributed by atoms with Crippen LogP contribution in [0.2, 0.25) is 5.02 Å². The summed E-state index contributed by atoms with van der Waals surface area (Å²) in [4.78, 5) is 0.846. The molecule has 24 heavy (non-hydrogen) atoms. The first-order chi connectivity index (χ1) is 11.3. The molecule has 1 aromatic heterocycles. The number of thiophene rings is 1. The molecule has 130 valence electrons. The smallest absolute Gasteiger partial charge is 0.228 e. The molecule has 2 heterocycles. The van der Waals surface area contributed by atoms with Crippen molar-refractivity contribution in [1.29, 1.82) is 0 Å². The molecule has 5 nitrogen and oxygen atoms in total. The van der Waals surface area contributed by atoms with Gasteiger partial charge < -0.3 is 0 Å². The minimum Gasteiger partial charge on any atom is -0.228 e. The summed E-state index contributed by atoms with van der Waals surface area (Å²) in [6.07, 6.45) is 0.253. The predicted octanol–water partition coefficient (Wildman–Crippen LogP) is 2.95. The van der Waals surface area contributed by atoms with Crippen molar-refractivity contribution in [1.82, 2.24) is 4.31 Å². The Hall–Kier alpha value is -0.930. The Kier molecular flexibility index (Phi) is 5.04. The van der Waals surface area contributed by atoms with Gasteiger partial charge in [0.1, 0.15) is 0 Å². The lowest BCUT2D eigenvalue weighted by atomic mass is 10.2. The Labute approximate surface area is 150 Å². The van der Waals surface area contributed by atoms with E-state index in [0.29, 0.717) is 5.02 Å². The van der Waals surface area contributed by atoms with E-state index in [2.05, 4.69) is 0 Å². The molecule has 0 N–H and O–H groups in total. The van der Waals surface area contributed by atoms with E-state index in [1.807, 2.05) is 5.38 Å². The van der Waals surface area contributed by atoms with Gasteiger partial charge in [0.05, 0.1) is 15.9 Å². The maximum absolute atomic E-state index is 12.8. The van der Waals surface area contributed by atoms with Crippen LogP contribution in [0.5, 0.6) is 0 Å². The molecule has 1 aliphatic rings. The quantitative estimate of drug-likeness (QED) is 0.787. The van der Waals surface area contributed by atoms with Gasteiger partial charge in [0, 0.05) is 23.0 Å². The van der Waals surface area contributed by atoms with Crippen molar-refractivity contribution >= 4 is 42.8 Å². The van der Waals surface area contributed by atoms with Crippen molar-refractivity contribution in [2.45, 2.75) is 16.6 Å². The van der Waals surface area contributed by atoms with Crippen molar-refractivity contribution < 1.29 is 16.8 Å². The van der Waals surface area contributed by atoms with Crippen molar-refractivity contribution in [3.05, 3.63) is 51.7 Å². The third-order valence-corrected chi connectivity index (χ3v) is 9.37. The molecule has 1 atom stereocenters. The number of halogens is 1. The van der Waals surface area contributed by atoms with Gasteiger partial charge in [-0.1, -0.05) is 23.7 Å². The maximum atomic E-state index is 12.8. The standard InChI is InChI=1S/C15H16ClNO4S3/c16-12-3-1-4-13(11-12)24(20,21)17-7-6-15(14-5-2-9-22-14)23(18,19)10-8-17/h1-5,9,11,15H,6-8,10H2. The van der Waals surface area contributed by atoms with E-state index in [-0.39, 0.29) is 30.2 Å². The largest absolute Gasteiger partial charge is 0.243 e. The van der Waals surface area contributed by atoms with Gasteiger partial charge in [-0.3, -0.25) is 0 Å². The fraction of sp³-hybridized carbons (Fsp3) is 0.333. The molecular weight excluding hydrogens is 390 g/mol. The fourth-order valence-corrected chi connectivity index (χ4v) is 7.61. The number of sulfone groups is 1. The van der Waals surface area contributed by atoms with Gasteiger partial charge in [0.2, 0.25) is 10.0 Å². The lowest BCUT2D eigenvalue weighted by Crippen LogP contribution is -2.33. The Morgan fingerprint density at radius 1 is 1.17 bits per heavy atom. The molecule has 0 saturated carbocycles. The molecular formula is C15H16ClNO4S3. The van der Waals surface area contributed by atoms with Crippen LogP contribution in [0.15, 0.2) is 46.7 Å². The topological polar surface area (TPSA) is 71.5 Å². The number of nitrogens with zero attached hydrogens (tertiary/aromatic N) is 1. The molecule has 1 aromatic carbocycles. The normalized spacial score (nSPS) is 22.1. The van der Waals surface area contributed by atoms with Crippen molar-refractivity contribution in [3.8, 4) is 0 Å². The first-order valence-electron chi connectivity index (χ1n) is 7.31. The van der Waals surface area contributed by atoms with Gasteiger partial charge in [0.15, 0.2) is 9.84 Å². The Bertz CT molecular complexity index is 923. The number of hydrogen-bond donors (Lipinski definition) is 0. The highest BCUT2D eigenvalue weighted by molar-refractivity contribution is 7.92. The molecule has 0 amide bonds. The molecule has 9 heteroatoms. The summed E-state index contributed by atoms with van der Waals surface area (Å²) in [5, 5.41) is 1.52. The van der Waals surface area contributed by atoms with Gasteiger partial charge in [0.25, 0.3) is 0 Å². The second-order valence-corrected chi connectivity index (χ2v) is 11.2. The van der Waals surface area contributed by atoms with Crippen LogP contribution in [0.25, 0.3) is 0 Å². The number of benzene rings is 1. The number of rotatable bonds is 3. The van der Waals surface area contributed by atoms with Crippen molar-refractivity contribution in [2.24, 2.45) is 0 Å². The SMILES string of the molecule is O=S1(=O)CCN(S(=O)(=O)c2cccc(Cl)c2)CCC1c1cccs1. The molecule has 1 unspecified atom stereocenters. The number of sulfonamides is 1. The second kappa shape index (κ2) is 6.76. The fourth-order valence-electron chi connectivity index (χ4n) is 2.73.